The molecule has 0 saturated carbocycles. The molecule has 0 aliphatic carbocycles. The molecule has 0 unspecified atom stereocenters. The zero-order valence-electron chi connectivity index (χ0n) is 16.9. The first-order chi connectivity index (χ1) is 15.9. The van der Waals surface area contributed by atoms with Crippen molar-refractivity contribution in [1.29, 1.82) is 0 Å². The first kappa shape index (κ1) is 25.1. The minimum absolute atomic E-state index is 0.0104. The van der Waals surface area contributed by atoms with E-state index in [1.54, 1.807) is 6.92 Å². The van der Waals surface area contributed by atoms with Gasteiger partial charge in [-0.1, -0.05) is 19.1 Å². The molecule has 0 saturated heterocycles. The molecule has 0 heterocycles. The Hall–Kier alpha value is -3.57. The lowest BCUT2D eigenvalue weighted by atomic mass is 9.97. The standard InChI is InChI=1S/C22H12F9O3/c1-2-9-3-4-11(12(23)5-9)17-16(32)8-13(24)18(19(17)27)22(30,31)34-10-6-14(25)20(15(26)7-10)33-21(28)29/h3-8,21H,2H2,1H3. The molecular weight excluding hydrogens is 483 g/mol. The van der Waals surface area contributed by atoms with Gasteiger partial charge in [-0.25, -0.2) is 22.0 Å². The quantitative estimate of drug-likeness (QED) is 0.319. The van der Waals surface area contributed by atoms with Crippen molar-refractivity contribution in [2.24, 2.45) is 0 Å². The number of hydrogen-bond acceptors (Lipinski definition) is 2. The van der Waals surface area contributed by atoms with E-state index in [9.17, 15) is 44.6 Å². The van der Waals surface area contributed by atoms with Crippen LogP contribution >= 0.6 is 0 Å². The number of benzene rings is 3. The molecule has 0 N–H and O–H groups in total. The monoisotopic (exact) mass is 495 g/mol. The number of aryl methyl sites for hydroxylation is 1. The van der Waals surface area contributed by atoms with Gasteiger partial charge in [-0.15, -0.1) is 0 Å². The Morgan fingerprint density at radius 2 is 1.50 bits per heavy atom. The molecule has 3 aromatic rings. The maximum atomic E-state index is 15.0. The van der Waals surface area contributed by atoms with E-state index in [2.05, 4.69) is 9.47 Å². The van der Waals surface area contributed by atoms with Gasteiger partial charge in [0.15, 0.2) is 29.0 Å². The van der Waals surface area contributed by atoms with Crippen LogP contribution < -0.4 is 9.47 Å². The summed E-state index contributed by atoms with van der Waals surface area (Å²) in [7, 11) is 0. The first-order valence-electron chi connectivity index (χ1n) is 9.34. The average molecular weight is 495 g/mol. The van der Waals surface area contributed by atoms with Crippen LogP contribution in [0.4, 0.5) is 39.5 Å². The first-order valence-corrected chi connectivity index (χ1v) is 9.34. The molecular formula is C22H12F9O3. The van der Waals surface area contributed by atoms with Crippen LogP contribution in [0, 0.1) is 29.1 Å². The van der Waals surface area contributed by atoms with Crippen molar-refractivity contribution < 1.29 is 54.1 Å². The summed E-state index contributed by atoms with van der Waals surface area (Å²) in [6, 6.07) is 3.16. The highest BCUT2D eigenvalue weighted by Crippen LogP contribution is 2.43. The molecule has 3 rings (SSSR count). The van der Waals surface area contributed by atoms with E-state index in [1.807, 2.05) is 0 Å². The van der Waals surface area contributed by atoms with Gasteiger partial charge in [0, 0.05) is 23.8 Å². The van der Waals surface area contributed by atoms with Gasteiger partial charge in [-0.2, -0.15) is 17.6 Å². The van der Waals surface area contributed by atoms with E-state index >= 15 is 0 Å². The van der Waals surface area contributed by atoms with Crippen LogP contribution in [0.3, 0.4) is 0 Å². The van der Waals surface area contributed by atoms with E-state index < -0.39 is 75.7 Å². The fraction of sp³-hybridized carbons (Fsp3) is 0.182. The fourth-order valence-corrected chi connectivity index (χ4v) is 3.09. The molecule has 0 aromatic heterocycles. The number of halogens is 9. The second kappa shape index (κ2) is 9.35. The molecule has 3 aromatic carbocycles. The molecule has 0 aliphatic heterocycles. The van der Waals surface area contributed by atoms with Crippen LogP contribution in [0.1, 0.15) is 18.1 Å². The van der Waals surface area contributed by atoms with E-state index in [-0.39, 0.29) is 18.2 Å². The van der Waals surface area contributed by atoms with E-state index in [4.69, 9.17) is 0 Å². The van der Waals surface area contributed by atoms with Crippen molar-refractivity contribution in [3.63, 3.8) is 0 Å². The maximum absolute atomic E-state index is 15.0. The molecule has 181 valence electrons. The lowest BCUT2D eigenvalue weighted by Crippen LogP contribution is -2.26. The number of hydrogen-bond donors (Lipinski definition) is 0. The second-order valence-corrected chi connectivity index (χ2v) is 6.80. The molecule has 1 radical (unpaired) electrons. The van der Waals surface area contributed by atoms with Gasteiger partial charge >= 0.3 is 12.7 Å². The SMILES string of the molecule is CCc1ccc(-c2c([O])cc(F)c(C(F)(F)Oc3cc(F)c(OC(F)F)c(F)c3)c2F)c(F)c1. The maximum Gasteiger partial charge on any atom is 0.432 e. The van der Waals surface area contributed by atoms with Crippen molar-refractivity contribution in [3.8, 4) is 28.4 Å². The van der Waals surface area contributed by atoms with E-state index in [0.29, 0.717) is 12.0 Å². The van der Waals surface area contributed by atoms with Crippen molar-refractivity contribution in [3.05, 3.63) is 76.6 Å². The summed E-state index contributed by atoms with van der Waals surface area (Å²) in [4.78, 5) is 0. The van der Waals surface area contributed by atoms with Gasteiger partial charge in [0.1, 0.15) is 22.9 Å². The molecule has 12 heteroatoms. The van der Waals surface area contributed by atoms with Crippen LogP contribution in [0.15, 0.2) is 36.4 Å². The summed E-state index contributed by atoms with van der Waals surface area (Å²) < 4.78 is 133. The molecule has 34 heavy (non-hydrogen) atoms. The van der Waals surface area contributed by atoms with Gasteiger partial charge in [-0.05, 0) is 18.1 Å². The topological polar surface area (TPSA) is 38.4 Å². The highest BCUT2D eigenvalue weighted by atomic mass is 19.3. The minimum Gasteiger partial charge on any atom is -0.429 e. The van der Waals surface area contributed by atoms with Gasteiger partial charge in [0.05, 0.1) is 5.56 Å². The van der Waals surface area contributed by atoms with Crippen LogP contribution in [-0.4, -0.2) is 6.61 Å². The zero-order chi connectivity index (χ0) is 25.4. The van der Waals surface area contributed by atoms with Crippen LogP contribution in [0.2, 0.25) is 0 Å². The third-order valence-corrected chi connectivity index (χ3v) is 4.61. The summed E-state index contributed by atoms with van der Waals surface area (Å²) in [5.41, 5.74) is -3.66. The predicted molar refractivity (Wildman–Crippen MR) is 98.8 cm³/mol. The van der Waals surface area contributed by atoms with Gasteiger partial charge in [0.2, 0.25) is 0 Å². The second-order valence-electron chi connectivity index (χ2n) is 6.80. The van der Waals surface area contributed by atoms with Crippen molar-refractivity contribution in [2.45, 2.75) is 26.1 Å². The van der Waals surface area contributed by atoms with Gasteiger partial charge in [0.25, 0.3) is 0 Å². The lowest BCUT2D eigenvalue weighted by Gasteiger charge is -2.21. The van der Waals surface area contributed by atoms with Gasteiger partial charge in [-0.3, -0.25) is 5.11 Å². The average Bonchev–Trinajstić information content (AvgIpc) is 2.70. The number of rotatable bonds is 7. The van der Waals surface area contributed by atoms with Gasteiger partial charge < -0.3 is 9.47 Å². The summed E-state index contributed by atoms with van der Waals surface area (Å²) >= 11 is 0. The molecule has 0 atom stereocenters. The normalized spacial score (nSPS) is 11.7. The molecule has 3 nitrogen and oxygen atoms in total. The number of ether oxygens (including phenoxy) is 2. The Kier molecular flexibility index (Phi) is 6.89. The third-order valence-electron chi connectivity index (χ3n) is 4.61. The summed E-state index contributed by atoms with van der Waals surface area (Å²) in [5, 5.41) is 12.1. The Labute approximate surface area is 186 Å². The third kappa shape index (κ3) is 4.85. The Morgan fingerprint density at radius 3 is 2.03 bits per heavy atom. The van der Waals surface area contributed by atoms with Crippen LogP contribution in [0.25, 0.3) is 11.1 Å². The van der Waals surface area contributed by atoms with Crippen molar-refractivity contribution in [1.82, 2.24) is 0 Å². The Morgan fingerprint density at radius 1 is 0.882 bits per heavy atom. The fourth-order valence-electron chi connectivity index (χ4n) is 3.09. The summed E-state index contributed by atoms with van der Waals surface area (Å²) in [5.74, 6) is -13.6. The molecule has 0 spiro atoms. The highest BCUT2D eigenvalue weighted by Gasteiger charge is 2.43. The van der Waals surface area contributed by atoms with E-state index in [1.165, 1.54) is 6.07 Å². The minimum atomic E-state index is -4.99. The predicted octanol–water partition coefficient (Wildman–Crippen LogP) is 7.49. The Bertz CT molecular complexity index is 1210. The Balaban J connectivity index is 2.08. The smallest absolute Gasteiger partial charge is 0.429 e. The van der Waals surface area contributed by atoms with Crippen LogP contribution in [-0.2, 0) is 17.6 Å². The van der Waals surface area contributed by atoms with E-state index in [0.717, 1.165) is 12.1 Å². The zero-order valence-corrected chi connectivity index (χ0v) is 16.9. The largest absolute Gasteiger partial charge is 0.432 e. The molecule has 0 aliphatic rings. The molecule has 0 fully saturated rings. The van der Waals surface area contributed by atoms with Crippen LogP contribution in [0.5, 0.6) is 17.2 Å². The molecule has 0 amide bonds. The van der Waals surface area contributed by atoms with Crippen molar-refractivity contribution in [2.75, 3.05) is 0 Å². The summed E-state index contributed by atoms with van der Waals surface area (Å²) in [6.07, 6.45) is -4.63. The lowest BCUT2D eigenvalue weighted by molar-refractivity contribution is -0.189. The van der Waals surface area contributed by atoms with Crippen molar-refractivity contribution >= 4 is 0 Å². The summed E-state index contributed by atoms with van der Waals surface area (Å²) in [6.45, 7) is -1.98. The number of alkyl halides is 4. The molecule has 0 bridgehead atoms. The highest BCUT2D eigenvalue weighted by molar-refractivity contribution is 5.72.